The standard InChI is InChI=1S/C34H39N7O3/c1-35-17-32(43)41-30-13-25(30)14-31(41)34-36-15-27(39-34)8-4-20-3-5-22-10-23(7-6-21(22)9-20)29-16-37-33(40-29)26(18-44-2)11-24-12-28(24)38-19-42/h3,5-7,9-10,15,19,24-26,28-31,35H,11-14,16-18H2,1-2H3,(H,36,39)(H,37,40)(H,38,42)/t24?,25?,26-,28-,29?,30-,31+/m1/s1. The highest BCUT2D eigenvalue weighted by Crippen LogP contribution is 2.52. The lowest BCUT2D eigenvalue weighted by molar-refractivity contribution is -0.132. The average Bonchev–Trinajstić information content (AvgIpc) is 3.71. The number of carbonyl (C=O) groups is 2. The van der Waals surface area contributed by atoms with E-state index in [-0.39, 0.29) is 30.0 Å². The Balaban J connectivity index is 0.994. The molecule has 1 saturated heterocycles. The van der Waals surface area contributed by atoms with Crippen LogP contribution in [0.3, 0.4) is 0 Å². The van der Waals surface area contributed by atoms with Gasteiger partial charge in [-0.2, -0.15) is 0 Å². The van der Waals surface area contributed by atoms with Crippen molar-refractivity contribution in [3.8, 4) is 11.8 Å². The van der Waals surface area contributed by atoms with E-state index in [4.69, 9.17) is 9.73 Å². The number of amides is 2. The number of likely N-dealkylation sites (N-methyl/N-ethyl adjacent to an activating group) is 1. The Morgan fingerprint density at radius 2 is 2.05 bits per heavy atom. The number of likely N-dealkylation sites (tertiary alicyclic amines) is 1. The van der Waals surface area contributed by atoms with Crippen LogP contribution in [0.25, 0.3) is 10.8 Å². The first kappa shape index (κ1) is 28.6. The minimum absolute atomic E-state index is 0.00276. The van der Waals surface area contributed by atoms with Crippen LogP contribution < -0.4 is 16.0 Å². The maximum atomic E-state index is 12.7. The number of aromatic amines is 1. The first-order chi connectivity index (χ1) is 21.5. The highest BCUT2D eigenvalue weighted by Gasteiger charge is 2.54. The fourth-order valence-electron chi connectivity index (χ4n) is 7.09. The fraction of sp³-hybridized carbons (Fsp3) is 0.471. The van der Waals surface area contributed by atoms with Gasteiger partial charge in [0.2, 0.25) is 12.3 Å². The molecule has 2 aliphatic carbocycles. The number of amidine groups is 1. The third-order valence-corrected chi connectivity index (χ3v) is 9.55. The molecule has 10 heteroatoms. The van der Waals surface area contributed by atoms with Crippen molar-refractivity contribution in [1.29, 1.82) is 0 Å². The number of nitrogens with zero attached hydrogens (tertiary/aromatic N) is 3. The largest absolute Gasteiger partial charge is 0.384 e. The van der Waals surface area contributed by atoms with Gasteiger partial charge in [0.25, 0.3) is 0 Å². The third-order valence-electron chi connectivity index (χ3n) is 9.55. The first-order valence-corrected chi connectivity index (χ1v) is 15.6. The van der Waals surface area contributed by atoms with Gasteiger partial charge in [0.15, 0.2) is 0 Å². The summed E-state index contributed by atoms with van der Waals surface area (Å²) in [5.41, 5.74) is 2.89. The predicted molar refractivity (Wildman–Crippen MR) is 168 cm³/mol. The molecule has 7 rings (SSSR count). The van der Waals surface area contributed by atoms with Gasteiger partial charge in [-0.25, -0.2) is 4.98 Å². The van der Waals surface area contributed by atoms with Crippen LogP contribution in [-0.4, -0.2) is 79.0 Å². The van der Waals surface area contributed by atoms with E-state index < -0.39 is 0 Å². The number of methoxy groups -OCH3 is 1. The molecule has 3 unspecified atom stereocenters. The lowest BCUT2D eigenvalue weighted by Crippen LogP contribution is -2.39. The Kier molecular flexibility index (Phi) is 7.83. The normalized spacial score (nSPS) is 27.1. The summed E-state index contributed by atoms with van der Waals surface area (Å²) in [6.07, 6.45) is 6.61. The van der Waals surface area contributed by atoms with E-state index in [2.05, 4.69) is 74.2 Å². The molecule has 2 aromatic carbocycles. The van der Waals surface area contributed by atoms with Gasteiger partial charge in [0.05, 0.1) is 38.0 Å². The molecule has 3 aromatic rings. The zero-order valence-corrected chi connectivity index (χ0v) is 25.2. The summed E-state index contributed by atoms with van der Waals surface area (Å²) in [6.45, 7) is 1.65. The van der Waals surface area contributed by atoms with Gasteiger partial charge < -0.3 is 30.6 Å². The predicted octanol–water partition coefficient (Wildman–Crippen LogP) is 2.67. The van der Waals surface area contributed by atoms with Crippen molar-refractivity contribution in [3.05, 3.63) is 65.2 Å². The number of carbonyl (C=O) groups excluding carboxylic acids is 2. The third kappa shape index (κ3) is 5.82. The number of hydrogen-bond donors (Lipinski definition) is 4. The minimum atomic E-state index is 0.00276. The van der Waals surface area contributed by atoms with Gasteiger partial charge >= 0.3 is 0 Å². The number of benzene rings is 2. The van der Waals surface area contributed by atoms with Crippen LogP contribution in [0.4, 0.5) is 0 Å². The molecule has 2 aliphatic heterocycles. The Morgan fingerprint density at radius 3 is 2.89 bits per heavy atom. The molecule has 44 heavy (non-hydrogen) atoms. The number of H-pyrrole nitrogens is 1. The number of aliphatic imine (C=N–C) groups is 1. The topological polar surface area (TPSA) is 124 Å². The number of hydrogen-bond acceptors (Lipinski definition) is 7. The molecule has 4 N–H and O–H groups in total. The highest BCUT2D eigenvalue weighted by molar-refractivity contribution is 5.88. The second-order valence-electron chi connectivity index (χ2n) is 12.6. The summed E-state index contributed by atoms with van der Waals surface area (Å²) < 4.78 is 5.51. The minimum Gasteiger partial charge on any atom is -0.384 e. The Bertz CT molecular complexity index is 1650. The SMILES string of the molecule is CNCC(=O)N1[C@@H]2CC2C[C@H]1c1ncc(C#Cc2ccc3cc(C4CN=C([C@@H](COC)CC5C[C@H]5NC=O)N4)ccc3c2)[nH]1. The van der Waals surface area contributed by atoms with E-state index in [0.717, 1.165) is 65.8 Å². The van der Waals surface area contributed by atoms with E-state index in [1.165, 1.54) is 5.56 Å². The first-order valence-electron chi connectivity index (χ1n) is 15.6. The van der Waals surface area contributed by atoms with Crippen molar-refractivity contribution in [3.63, 3.8) is 0 Å². The maximum absolute atomic E-state index is 12.7. The number of imidazole rings is 1. The Morgan fingerprint density at radius 1 is 1.18 bits per heavy atom. The summed E-state index contributed by atoms with van der Waals surface area (Å²) in [4.78, 5) is 38.3. The van der Waals surface area contributed by atoms with Crippen molar-refractivity contribution < 1.29 is 14.3 Å². The van der Waals surface area contributed by atoms with Gasteiger partial charge in [0, 0.05) is 30.7 Å². The summed E-state index contributed by atoms with van der Waals surface area (Å²) in [7, 11) is 3.53. The molecule has 0 radical (unpaired) electrons. The van der Waals surface area contributed by atoms with Crippen LogP contribution in [0, 0.1) is 29.6 Å². The van der Waals surface area contributed by atoms with Crippen molar-refractivity contribution >= 4 is 28.9 Å². The Hall–Kier alpha value is -4.20. The molecular formula is C34H39N7O3. The number of rotatable bonds is 11. The zero-order valence-electron chi connectivity index (χ0n) is 25.2. The monoisotopic (exact) mass is 593 g/mol. The second kappa shape index (κ2) is 12.1. The van der Waals surface area contributed by atoms with Gasteiger partial charge in [-0.05, 0) is 85.0 Å². The molecular weight excluding hydrogens is 554 g/mol. The van der Waals surface area contributed by atoms with Crippen LogP contribution in [-0.2, 0) is 14.3 Å². The summed E-state index contributed by atoms with van der Waals surface area (Å²) in [6, 6.07) is 13.6. The van der Waals surface area contributed by atoms with E-state index >= 15 is 0 Å². The lowest BCUT2D eigenvalue weighted by atomic mass is 9.99. The second-order valence-corrected chi connectivity index (χ2v) is 12.6. The van der Waals surface area contributed by atoms with Gasteiger partial charge in [-0.15, -0.1) is 0 Å². The number of piperidine rings is 1. The molecule has 1 aromatic heterocycles. The zero-order chi connectivity index (χ0) is 30.2. The molecule has 3 fully saturated rings. The summed E-state index contributed by atoms with van der Waals surface area (Å²) in [5.74, 6) is 9.75. The average molecular weight is 594 g/mol. The van der Waals surface area contributed by atoms with Crippen LogP contribution >= 0.6 is 0 Å². The van der Waals surface area contributed by atoms with Gasteiger partial charge in [-0.1, -0.05) is 24.1 Å². The smallest absolute Gasteiger partial charge is 0.237 e. The molecule has 0 bridgehead atoms. The van der Waals surface area contributed by atoms with Crippen molar-refractivity contribution in [2.75, 3.05) is 33.9 Å². The number of nitrogens with one attached hydrogen (secondary N) is 4. The quantitative estimate of drug-likeness (QED) is 0.200. The number of aromatic nitrogens is 2. The van der Waals surface area contributed by atoms with Gasteiger partial charge in [0.1, 0.15) is 17.4 Å². The van der Waals surface area contributed by atoms with E-state index in [1.807, 2.05) is 4.90 Å². The highest BCUT2D eigenvalue weighted by atomic mass is 16.5. The summed E-state index contributed by atoms with van der Waals surface area (Å²) in [5, 5.41) is 11.8. The lowest BCUT2D eigenvalue weighted by Gasteiger charge is -2.26. The molecule has 228 valence electrons. The van der Waals surface area contributed by atoms with Crippen LogP contribution in [0.15, 0.2) is 47.6 Å². The van der Waals surface area contributed by atoms with E-state index in [1.54, 1.807) is 20.4 Å². The van der Waals surface area contributed by atoms with Gasteiger partial charge in [-0.3, -0.25) is 14.6 Å². The maximum Gasteiger partial charge on any atom is 0.237 e. The van der Waals surface area contributed by atoms with E-state index in [0.29, 0.717) is 37.6 Å². The molecule has 10 nitrogen and oxygen atoms in total. The molecule has 3 heterocycles. The number of fused-ring (bicyclic) bond motifs is 2. The molecule has 7 atom stereocenters. The summed E-state index contributed by atoms with van der Waals surface area (Å²) >= 11 is 0. The molecule has 0 spiro atoms. The van der Waals surface area contributed by atoms with Crippen LogP contribution in [0.1, 0.15) is 60.4 Å². The van der Waals surface area contributed by atoms with E-state index in [9.17, 15) is 9.59 Å². The van der Waals surface area contributed by atoms with Crippen molar-refractivity contribution in [1.82, 2.24) is 30.8 Å². The van der Waals surface area contributed by atoms with Crippen LogP contribution in [0.2, 0.25) is 0 Å². The molecule has 2 saturated carbocycles. The van der Waals surface area contributed by atoms with Crippen LogP contribution in [0.5, 0.6) is 0 Å². The van der Waals surface area contributed by atoms with Crippen molar-refractivity contribution in [2.24, 2.45) is 22.7 Å². The Labute approximate surface area is 257 Å². The number of ether oxygens (including phenoxy) is 1. The molecule has 4 aliphatic rings. The van der Waals surface area contributed by atoms with Crippen molar-refractivity contribution in [2.45, 2.75) is 49.9 Å². The fourth-order valence-corrected chi connectivity index (χ4v) is 7.09. The molecule has 2 amide bonds.